The van der Waals surface area contributed by atoms with E-state index in [4.69, 9.17) is 37.3 Å². The summed E-state index contributed by atoms with van der Waals surface area (Å²) in [5.41, 5.74) is 28.7. The second-order valence-corrected chi connectivity index (χ2v) is 12.8. The van der Waals surface area contributed by atoms with Crippen LogP contribution in [-0.4, -0.2) is 55.0 Å². The summed E-state index contributed by atoms with van der Waals surface area (Å²) in [5, 5.41) is 35.8. The fourth-order valence-electron chi connectivity index (χ4n) is 6.17. The number of allylic oxidation sites excluding steroid dienone is 2. The van der Waals surface area contributed by atoms with Crippen molar-refractivity contribution in [2.24, 2.45) is 16.6 Å². The normalized spacial score (nSPS) is 11.7. The molecule has 4 aromatic carbocycles. The Kier molecular flexibility index (Phi) is 13.0. The van der Waals surface area contributed by atoms with Gasteiger partial charge in [0.2, 0.25) is 11.8 Å². The molecular weight excluding hydrogens is 686 g/mol. The smallest absolute Gasteiger partial charge is 0.224 e. The number of aryl methyl sites for hydroxylation is 1. The minimum absolute atomic E-state index is 0.0199. The topological polar surface area (TPSA) is 245 Å². The molecule has 0 spiro atoms. The van der Waals surface area contributed by atoms with Crippen molar-refractivity contribution >= 4 is 46.0 Å². The van der Waals surface area contributed by atoms with Crippen molar-refractivity contribution in [3.05, 3.63) is 128 Å². The van der Waals surface area contributed by atoms with Crippen LogP contribution in [0.1, 0.15) is 58.2 Å². The molecule has 0 bridgehead atoms. The van der Waals surface area contributed by atoms with E-state index in [2.05, 4.69) is 20.7 Å². The molecule has 4 aromatic rings. The van der Waals surface area contributed by atoms with E-state index in [0.29, 0.717) is 79.4 Å². The number of fused-ring (bicyclic) bond motifs is 1. The van der Waals surface area contributed by atoms with E-state index < -0.39 is 0 Å². The van der Waals surface area contributed by atoms with Crippen molar-refractivity contribution in [3.63, 3.8) is 0 Å². The number of aromatic hydroxyl groups is 1. The number of carbonyl (C=O) groups is 2. The molecule has 14 heteroatoms. The molecule has 0 atom stereocenters. The van der Waals surface area contributed by atoms with Crippen molar-refractivity contribution < 1.29 is 24.2 Å². The van der Waals surface area contributed by atoms with Crippen molar-refractivity contribution in [2.75, 3.05) is 31.7 Å². The van der Waals surface area contributed by atoms with Gasteiger partial charge in [-0.1, -0.05) is 41.5 Å². The quantitative estimate of drug-likeness (QED) is 0.0118. The monoisotopic (exact) mass is 729 g/mol. The zero-order valence-corrected chi connectivity index (χ0v) is 29.9. The van der Waals surface area contributed by atoms with Gasteiger partial charge in [0, 0.05) is 58.8 Å². The van der Waals surface area contributed by atoms with E-state index in [1.165, 1.54) is 0 Å². The number of phenols is 1. The van der Waals surface area contributed by atoms with Gasteiger partial charge in [-0.25, -0.2) is 0 Å². The van der Waals surface area contributed by atoms with E-state index in [0.717, 1.165) is 33.4 Å². The van der Waals surface area contributed by atoms with E-state index in [-0.39, 0.29) is 42.1 Å². The zero-order chi connectivity index (χ0) is 38.6. The van der Waals surface area contributed by atoms with Gasteiger partial charge in [0.25, 0.3) is 0 Å². The predicted octanol–water partition coefficient (Wildman–Crippen LogP) is 6.24. The first-order valence-electron chi connectivity index (χ1n) is 17.4. The summed E-state index contributed by atoms with van der Waals surface area (Å²) in [6, 6.07) is 23.2. The number of amides is 2. The first-order chi connectivity index (χ1) is 26.0. The maximum Gasteiger partial charge on any atom is 0.224 e. The summed E-state index contributed by atoms with van der Waals surface area (Å²) < 4.78 is 11.2. The maximum absolute atomic E-state index is 12.8. The van der Waals surface area contributed by atoms with Crippen LogP contribution in [0.3, 0.4) is 0 Å². The summed E-state index contributed by atoms with van der Waals surface area (Å²) in [4.78, 5) is 27.9. The number of ether oxygens (including phenoxy) is 2. The number of carbonyl (C=O) groups excluding carboxylic acids is 2. The van der Waals surface area contributed by atoms with Gasteiger partial charge in [0.05, 0.1) is 13.2 Å². The molecular formula is C40H43N9O5. The number of benzene rings is 4. The van der Waals surface area contributed by atoms with Crippen molar-refractivity contribution in [3.8, 4) is 11.5 Å². The van der Waals surface area contributed by atoms with Crippen LogP contribution in [0.5, 0.6) is 11.5 Å². The summed E-state index contributed by atoms with van der Waals surface area (Å²) >= 11 is 0. The number of nitrogens with two attached hydrogens (primary N) is 2. The van der Waals surface area contributed by atoms with E-state index >= 15 is 0 Å². The number of anilines is 1. The van der Waals surface area contributed by atoms with E-state index in [1.54, 1.807) is 48.5 Å². The van der Waals surface area contributed by atoms with E-state index in [9.17, 15) is 14.7 Å². The number of hydrogen-bond donors (Lipinski definition) is 7. The number of amidine groups is 2. The Bertz CT molecular complexity index is 2140. The Morgan fingerprint density at radius 2 is 1.65 bits per heavy atom. The fraction of sp³-hybridized carbons (Fsp3) is 0.250. The molecule has 0 heterocycles. The molecule has 0 aromatic heterocycles. The molecule has 0 fully saturated rings. The number of nitrogens with zero attached hydrogens (tertiary/aromatic N) is 3. The SMILES string of the molecule is Cc1cc(OCCOCCNC(=O)CCCC(=O)Nc2ccc(O)c(CC3=C(c4ccc(C(=N)N)cc4)Cc4cc(C(=N)N)ccc43)c2)ccc1N=[N+]=[N-]. The maximum atomic E-state index is 12.8. The lowest BCUT2D eigenvalue weighted by Gasteiger charge is -2.13. The Morgan fingerprint density at radius 3 is 2.37 bits per heavy atom. The number of hydrogen-bond acceptors (Lipinski definition) is 8. The van der Waals surface area contributed by atoms with Gasteiger partial charge in [-0.05, 0) is 101 Å². The molecule has 0 saturated heterocycles. The summed E-state index contributed by atoms with van der Waals surface area (Å²) in [6.07, 6.45) is 1.63. The van der Waals surface area contributed by atoms with Gasteiger partial charge < -0.3 is 36.7 Å². The average Bonchev–Trinajstić information content (AvgIpc) is 3.51. The number of rotatable bonds is 18. The largest absolute Gasteiger partial charge is 0.508 e. The predicted molar refractivity (Wildman–Crippen MR) is 209 cm³/mol. The number of phenolic OH excluding ortho intramolecular Hbond substituents is 1. The van der Waals surface area contributed by atoms with Crippen molar-refractivity contribution in [2.45, 2.75) is 39.0 Å². The van der Waals surface area contributed by atoms with Crippen LogP contribution in [0.15, 0.2) is 84.0 Å². The van der Waals surface area contributed by atoms with Crippen molar-refractivity contribution in [1.82, 2.24) is 5.32 Å². The molecule has 1 aliphatic rings. The second-order valence-electron chi connectivity index (χ2n) is 12.8. The summed E-state index contributed by atoms with van der Waals surface area (Å²) in [7, 11) is 0. The van der Waals surface area contributed by atoms with Crippen LogP contribution in [0, 0.1) is 17.7 Å². The highest BCUT2D eigenvalue weighted by Crippen LogP contribution is 2.42. The van der Waals surface area contributed by atoms with Crippen molar-refractivity contribution in [1.29, 1.82) is 10.8 Å². The first-order valence-corrected chi connectivity index (χ1v) is 17.4. The van der Waals surface area contributed by atoms with Crippen LogP contribution < -0.4 is 26.8 Å². The van der Waals surface area contributed by atoms with Crippen LogP contribution in [0.2, 0.25) is 0 Å². The van der Waals surface area contributed by atoms with Gasteiger partial charge >= 0.3 is 0 Å². The highest BCUT2D eigenvalue weighted by molar-refractivity contribution is 6.02. The van der Waals surface area contributed by atoms with Crippen LogP contribution >= 0.6 is 0 Å². The summed E-state index contributed by atoms with van der Waals surface area (Å²) in [5.74, 6) is 0.249. The molecule has 54 heavy (non-hydrogen) atoms. The molecule has 0 unspecified atom stereocenters. The van der Waals surface area contributed by atoms with Gasteiger partial charge in [0.1, 0.15) is 29.8 Å². The zero-order valence-electron chi connectivity index (χ0n) is 29.9. The first kappa shape index (κ1) is 38.6. The van der Waals surface area contributed by atoms with Crippen LogP contribution in [0.25, 0.3) is 21.6 Å². The molecule has 1 aliphatic carbocycles. The third-order valence-electron chi connectivity index (χ3n) is 8.94. The summed E-state index contributed by atoms with van der Waals surface area (Å²) in [6.45, 7) is 3.11. The molecule has 0 radical (unpaired) electrons. The standard InChI is InChI=1S/C40H43N9O5/c1-24-19-31(11-13-35(24)48-49-45)54-18-17-53-16-15-46-37(51)3-2-4-38(52)47-30-10-14-36(50)29(21-30)23-34-32-12-9-27(40(43)44)20-28(32)22-33(34)25-5-7-26(8-6-25)39(41)42/h5-14,19-21,50H,2-4,15-18,22-23H2,1H3,(H3,41,42)(H3,43,44)(H,46,51)(H,47,52). The van der Waals surface area contributed by atoms with Crippen LogP contribution in [-0.2, 0) is 27.2 Å². The second kappa shape index (κ2) is 18.2. The Labute approximate surface area is 312 Å². The third kappa shape index (κ3) is 10.2. The molecule has 5 rings (SSSR count). The number of nitrogen functional groups attached to an aromatic ring is 2. The van der Waals surface area contributed by atoms with Gasteiger partial charge in [-0.3, -0.25) is 20.4 Å². The Balaban J connectivity index is 1.09. The van der Waals surface area contributed by atoms with Gasteiger partial charge in [-0.2, -0.15) is 0 Å². The number of nitrogens with one attached hydrogen (secondary N) is 4. The van der Waals surface area contributed by atoms with E-state index in [1.807, 2.05) is 37.3 Å². The van der Waals surface area contributed by atoms with Gasteiger partial charge in [0.15, 0.2) is 0 Å². The van der Waals surface area contributed by atoms with Crippen LogP contribution in [0.4, 0.5) is 11.4 Å². The molecule has 0 aliphatic heterocycles. The molecule has 2 amide bonds. The lowest BCUT2D eigenvalue weighted by molar-refractivity contribution is -0.121. The molecule has 14 nitrogen and oxygen atoms in total. The Hall–Kier alpha value is -6.63. The lowest BCUT2D eigenvalue weighted by Crippen LogP contribution is -2.27. The number of azide groups is 1. The highest BCUT2D eigenvalue weighted by atomic mass is 16.5. The molecule has 9 N–H and O–H groups in total. The minimum atomic E-state index is -0.251. The average molecular weight is 730 g/mol. The lowest BCUT2D eigenvalue weighted by atomic mass is 9.93. The highest BCUT2D eigenvalue weighted by Gasteiger charge is 2.25. The Morgan fingerprint density at radius 1 is 0.907 bits per heavy atom. The molecule has 0 saturated carbocycles. The minimum Gasteiger partial charge on any atom is -0.508 e. The third-order valence-corrected chi connectivity index (χ3v) is 8.94. The van der Waals surface area contributed by atoms with Gasteiger partial charge in [-0.15, -0.1) is 0 Å². The fourth-order valence-corrected chi connectivity index (χ4v) is 6.17. The molecule has 278 valence electrons.